The predicted molar refractivity (Wildman–Crippen MR) is 83.2 cm³/mol. The van der Waals surface area contributed by atoms with E-state index in [1.807, 2.05) is 0 Å². The lowest BCUT2D eigenvalue weighted by Gasteiger charge is -2.19. The molecule has 0 saturated heterocycles. The fourth-order valence-corrected chi connectivity index (χ4v) is 1.70. The molecule has 0 amide bonds. The molecule has 0 heterocycles. The highest BCUT2D eigenvalue weighted by atomic mass is 16.4. The zero-order valence-corrected chi connectivity index (χ0v) is 12.6. The van der Waals surface area contributed by atoms with Gasteiger partial charge in [-0.2, -0.15) is 0 Å². The molecule has 0 aliphatic rings. The molecule has 0 rings (SSSR count). The van der Waals surface area contributed by atoms with Crippen molar-refractivity contribution in [2.45, 2.75) is 69.9 Å². The van der Waals surface area contributed by atoms with Crippen molar-refractivity contribution in [3.05, 3.63) is 12.7 Å². The third kappa shape index (κ3) is 10.1. The molecule has 0 spiro atoms. The van der Waals surface area contributed by atoms with Crippen molar-refractivity contribution in [2.24, 2.45) is 0 Å². The summed E-state index contributed by atoms with van der Waals surface area (Å²) in [6.45, 7) is 5.48. The second-order valence-electron chi connectivity index (χ2n) is 4.92. The molecule has 4 N–H and O–H groups in total. The first-order chi connectivity index (χ1) is 10.0. The summed E-state index contributed by atoms with van der Waals surface area (Å²) in [5.41, 5.74) is 0. The smallest absolute Gasteiger partial charge is 0.144 e. The van der Waals surface area contributed by atoms with Gasteiger partial charge in [-0.3, -0.25) is 0 Å². The zero-order valence-electron chi connectivity index (χ0n) is 12.6. The summed E-state index contributed by atoms with van der Waals surface area (Å²) >= 11 is 0. The van der Waals surface area contributed by atoms with Crippen LogP contribution < -0.4 is 0 Å². The predicted octanol–water partition coefficient (Wildman–Crippen LogP) is 0.983. The van der Waals surface area contributed by atoms with Crippen LogP contribution in [0, 0.1) is 23.7 Å². The minimum Gasteiger partial charge on any atom is -0.390 e. The average molecular weight is 294 g/mol. The van der Waals surface area contributed by atoms with E-state index >= 15 is 0 Å². The Bertz CT molecular complexity index is 396. The summed E-state index contributed by atoms with van der Waals surface area (Å²) in [5.74, 6) is 9.37. The molecule has 4 atom stereocenters. The highest BCUT2D eigenvalue weighted by molar-refractivity contribution is 5.30. The van der Waals surface area contributed by atoms with Crippen molar-refractivity contribution in [3.63, 3.8) is 0 Å². The van der Waals surface area contributed by atoms with E-state index in [0.717, 1.165) is 25.7 Å². The van der Waals surface area contributed by atoms with E-state index in [2.05, 4.69) is 37.2 Å². The van der Waals surface area contributed by atoms with Crippen LogP contribution in [0.1, 0.15) is 45.4 Å². The molecule has 0 bridgehead atoms. The van der Waals surface area contributed by atoms with Crippen molar-refractivity contribution in [2.75, 3.05) is 0 Å². The van der Waals surface area contributed by atoms with E-state index in [1.165, 1.54) is 12.5 Å². The molecular formula is C17H26O4. The van der Waals surface area contributed by atoms with Crippen molar-refractivity contribution >= 4 is 0 Å². The van der Waals surface area contributed by atoms with Gasteiger partial charge in [0.1, 0.15) is 18.3 Å². The van der Waals surface area contributed by atoms with Gasteiger partial charge in [-0.25, -0.2) is 0 Å². The summed E-state index contributed by atoms with van der Waals surface area (Å²) in [6, 6.07) is 0. The number of unbranched alkanes of at least 4 members (excludes halogenated alkanes) is 4. The molecule has 0 radical (unpaired) electrons. The number of aliphatic hydroxyl groups is 4. The maximum atomic E-state index is 9.76. The molecule has 0 aromatic rings. The third-order valence-electron chi connectivity index (χ3n) is 3.05. The Hall–Kier alpha value is -1.30. The Morgan fingerprint density at radius 1 is 0.952 bits per heavy atom. The molecule has 118 valence electrons. The van der Waals surface area contributed by atoms with Crippen molar-refractivity contribution in [1.82, 2.24) is 0 Å². The summed E-state index contributed by atoms with van der Waals surface area (Å²) in [6.07, 6.45) is 2.31. The van der Waals surface area contributed by atoms with Crippen molar-refractivity contribution < 1.29 is 20.4 Å². The summed E-state index contributed by atoms with van der Waals surface area (Å²) in [7, 11) is 0. The molecular weight excluding hydrogens is 268 g/mol. The molecule has 4 nitrogen and oxygen atoms in total. The zero-order chi connectivity index (χ0) is 16.1. The number of rotatable bonds is 9. The van der Waals surface area contributed by atoms with Gasteiger partial charge in [0.2, 0.25) is 0 Å². The monoisotopic (exact) mass is 294 g/mol. The molecule has 0 fully saturated rings. The van der Waals surface area contributed by atoms with Gasteiger partial charge in [-0.1, -0.05) is 63.5 Å². The molecule has 21 heavy (non-hydrogen) atoms. The lowest BCUT2D eigenvalue weighted by molar-refractivity contribution is -0.0415. The highest BCUT2D eigenvalue weighted by Gasteiger charge is 2.22. The van der Waals surface area contributed by atoms with Gasteiger partial charge in [0.05, 0.1) is 6.10 Å². The van der Waals surface area contributed by atoms with E-state index in [1.54, 1.807) is 0 Å². The van der Waals surface area contributed by atoms with Crippen LogP contribution in [0.4, 0.5) is 0 Å². The van der Waals surface area contributed by atoms with Gasteiger partial charge in [-0.15, -0.1) is 0 Å². The van der Waals surface area contributed by atoms with E-state index in [-0.39, 0.29) is 0 Å². The van der Waals surface area contributed by atoms with E-state index in [4.69, 9.17) is 5.11 Å². The quantitative estimate of drug-likeness (QED) is 0.290. The SMILES string of the molecule is C=C[C@H](O)C#CC#C[C@@H](O)[C@@H](O)[C@H](O)CCCCCCC. The van der Waals surface area contributed by atoms with E-state index < -0.39 is 24.4 Å². The first kappa shape index (κ1) is 19.7. The second-order valence-corrected chi connectivity index (χ2v) is 4.92. The maximum absolute atomic E-state index is 9.76. The fraction of sp³-hybridized carbons (Fsp3) is 0.647. The van der Waals surface area contributed by atoms with Crippen LogP contribution in [-0.2, 0) is 0 Å². The van der Waals surface area contributed by atoms with Gasteiger partial charge < -0.3 is 20.4 Å². The Morgan fingerprint density at radius 2 is 1.57 bits per heavy atom. The lowest BCUT2D eigenvalue weighted by atomic mass is 10.0. The standard InChI is InChI=1S/C17H26O4/c1-3-5-6-7-8-12-15(19)17(21)16(20)13-10-9-11-14(18)4-2/h4,14-21H,2-3,5-8,12H2,1H3/t14-,15+,16+,17-/m0/s1. The summed E-state index contributed by atoms with van der Waals surface area (Å²) in [4.78, 5) is 0. The van der Waals surface area contributed by atoms with Gasteiger partial charge in [0.15, 0.2) is 0 Å². The Kier molecular flexibility index (Phi) is 11.7. The molecule has 0 unspecified atom stereocenters. The second kappa shape index (κ2) is 12.4. The van der Waals surface area contributed by atoms with Crippen LogP contribution in [0.2, 0.25) is 0 Å². The molecule has 0 aliphatic carbocycles. The first-order valence-corrected chi connectivity index (χ1v) is 7.38. The number of hydrogen-bond acceptors (Lipinski definition) is 4. The van der Waals surface area contributed by atoms with Crippen LogP contribution in [0.3, 0.4) is 0 Å². The molecule has 0 aromatic carbocycles. The van der Waals surface area contributed by atoms with Gasteiger partial charge in [0.25, 0.3) is 0 Å². The molecule has 0 saturated carbocycles. The summed E-state index contributed by atoms with van der Waals surface area (Å²) in [5, 5.41) is 38.2. The Morgan fingerprint density at radius 3 is 2.19 bits per heavy atom. The maximum Gasteiger partial charge on any atom is 0.144 e. The Labute approximate surface area is 127 Å². The normalized spacial score (nSPS) is 15.7. The minimum absolute atomic E-state index is 0.435. The van der Waals surface area contributed by atoms with Crippen LogP contribution in [0.5, 0.6) is 0 Å². The van der Waals surface area contributed by atoms with Gasteiger partial charge in [0, 0.05) is 0 Å². The van der Waals surface area contributed by atoms with Crippen molar-refractivity contribution in [3.8, 4) is 23.7 Å². The highest BCUT2D eigenvalue weighted by Crippen LogP contribution is 2.11. The molecule has 0 aromatic heterocycles. The van der Waals surface area contributed by atoms with Gasteiger partial charge >= 0.3 is 0 Å². The third-order valence-corrected chi connectivity index (χ3v) is 3.05. The van der Waals surface area contributed by atoms with Crippen molar-refractivity contribution in [1.29, 1.82) is 0 Å². The topological polar surface area (TPSA) is 80.9 Å². The Balaban J connectivity index is 4.11. The van der Waals surface area contributed by atoms with E-state index in [0.29, 0.717) is 6.42 Å². The number of hydrogen-bond donors (Lipinski definition) is 4. The number of aliphatic hydroxyl groups excluding tert-OH is 4. The fourth-order valence-electron chi connectivity index (χ4n) is 1.70. The van der Waals surface area contributed by atoms with Crippen LogP contribution in [0.15, 0.2) is 12.7 Å². The largest absolute Gasteiger partial charge is 0.390 e. The van der Waals surface area contributed by atoms with Crippen LogP contribution in [0.25, 0.3) is 0 Å². The molecule has 4 heteroatoms. The van der Waals surface area contributed by atoms with Crippen LogP contribution >= 0.6 is 0 Å². The molecule has 0 aliphatic heterocycles. The first-order valence-electron chi connectivity index (χ1n) is 7.38. The summed E-state index contributed by atoms with van der Waals surface area (Å²) < 4.78 is 0. The average Bonchev–Trinajstić information content (AvgIpc) is 2.49. The minimum atomic E-state index is -1.36. The van der Waals surface area contributed by atoms with E-state index in [9.17, 15) is 15.3 Å². The van der Waals surface area contributed by atoms with Crippen LogP contribution in [-0.4, -0.2) is 44.8 Å². The van der Waals surface area contributed by atoms with Gasteiger partial charge in [-0.05, 0) is 18.3 Å². The lowest BCUT2D eigenvalue weighted by Crippen LogP contribution is -2.36.